The van der Waals surface area contributed by atoms with Crippen LogP contribution in [0.25, 0.3) is 0 Å². The van der Waals surface area contributed by atoms with Crippen molar-refractivity contribution in [1.29, 1.82) is 0 Å². The van der Waals surface area contributed by atoms with Gasteiger partial charge < -0.3 is 5.73 Å². The highest BCUT2D eigenvalue weighted by Crippen LogP contribution is 2.21. The van der Waals surface area contributed by atoms with E-state index in [1.54, 1.807) is 0 Å². The van der Waals surface area contributed by atoms with E-state index >= 15 is 0 Å². The van der Waals surface area contributed by atoms with E-state index in [1.165, 1.54) is 44.9 Å². The zero-order valence-corrected chi connectivity index (χ0v) is 10.8. The normalized spacial score (nSPS) is 12.8. The molecular formula is C12H26NP. The lowest BCUT2D eigenvalue weighted by atomic mass is 9.92. The van der Waals surface area contributed by atoms with Gasteiger partial charge in [-0.3, -0.25) is 0 Å². The first-order valence-corrected chi connectivity index (χ1v) is 6.53. The minimum Gasteiger partial charge on any atom is -0.303 e. The summed E-state index contributed by atoms with van der Waals surface area (Å²) in [5.41, 5.74) is 6.48. The van der Waals surface area contributed by atoms with Gasteiger partial charge >= 0.3 is 0 Å². The summed E-state index contributed by atoms with van der Waals surface area (Å²) >= 11 is 0. The predicted octanol–water partition coefficient (Wildman–Crippen LogP) is 3.99. The molecule has 0 aliphatic heterocycles. The number of hydrogen-bond donors (Lipinski definition) is 1. The van der Waals surface area contributed by atoms with E-state index in [0.717, 1.165) is 17.8 Å². The van der Waals surface area contributed by atoms with Gasteiger partial charge in [-0.1, -0.05) is 52.4 Å². The third-order valence-electron chi connectivity index (χ3n) is 2.72. The van der Waals surface area contributed by atoms with Crippen LogP contribution in [-0.4, -0.2) is 5.42 Å². The second kappa shape index (κ2) is 9.68. The van der Waals surface area contributed by atoms with Crippen LogP contribution in [-0.2, 0) is 0 Å². The highest BCUT2D eigenvalue weighted by atomic mass is 31.0. The molecule has 0 spiro atoms. The van der Waals surface area contributed by atoms with Gasteiger partial charge in [0.05, 0.1) is 0 Å². The van der Waals surface area contributed by atoms with Crippen molar-refractivity contribution in [3.63, 3.8) is 0 Å². The monoisotopic (exact) mass is 215 g/mol. The van der Waals surface area contributed by atoms with E-state index in [1.807, 2.05) is 0 Å². The van der Waals surface area contributed by atoms with Gasteiger partial charge in [0.2, 0.25) is 0 Å². The van der Waals surface area contributed by atoms with Gasteiger partial charge in [0.25, 0.3) is 0 Å². The van der Waals surface area contributed by atoms with Gasteiger partial charge in [0.1, 0.15) is 0 Å². The van der Waals surface area contributed by atoms with Gasteiger partial charge in [0, 0.05) is 5.42 Å². The molecule has 0 saturated carbocycles. The maximum absolute atomic E-state index is 5.58. The molecular weight excluding hydrogens is 189 g/mol. The lowest BCUT2D eigenvalue weighted by molar-refractivity contribution is 0.395. The average molecular weight is 215 g/mol. The molecule has 1 nitrogen and oxygen atoms in total. The molecule has 0 heterocycles. The fourth-order valence-corrected chi connectivity index (χ4v) is 2.09. The highest BCUT2D eigenvalue weighted by molar-refractivity contribution is 7.20. The van der Waals surface area contributed by atoms with E-state index in [2.05, 4.69) is 22.7 Å². The van der Waals surface area contributed by atoms with E-state index in [4.69, 9.17) is 5.73 Å². The van der Waals surface area contributed by atoms with Crippen LogP contribution in [0.2, 0.25) is 0 Å². The first kappa shape index (κ1) is 14.1. The van der Waals surface area contributed by atoms with Crippen LogP contribution in [0.15, 0.2) is 0 Å². The van der Waals surface area contributed by atoms with Crippen LogP contribution in [0, 0.1) is 5.92 Å². The Bertz CT molecular complexity index is 145. The van der Waals surface area contributed by atoms with Crippen molar-refractivity contribution >= 4 is 14.3 Å². The minimum atomic E-state index is 0.899. The Hall–Kier alpha value is 0.130. The van der Waals surface area contributed by atoms with E-state index < -0.39 is 0 Å². The summed E-state index contributed by atoms with van der Waals surface area (Å²) in [5.74, 6) is 0.936. The summed E-state index contributed by atoms with van der Waals surface area (Å²) in [6.45, 7) is 4.55. The molecule has 0 aromatic carbocycles. The van der Waals surface area contributed by atoms with Gasteiger partial charge in [0.15, 0.2) is 0 Å². The fourth-order valence-electron chi connectivity index (χ4n) is 1.92. The summed E-state index contributed by atoms with van der Waals surface area (Å²) in [6, 6.07) is 0. The van der Waals surface area contributed by atoms with E-state index in [9.17, 15) is 0 Å². The molecule has 2 N–H and O–H groups in total. The third-order valence-corrected chi connectivity index (χ3v) is 2.97. The van der Waals surface area contributed by atoms with Crippen molar-refractivity contribution in [1.82, 2.24) is 0 Å². The molecule has 0 aliphatic carbocycles. The first-order valence-electron chi connectivity index (χ1n) is 6.03. The quantitative estimate of drug-likeness (QED) is 0.578. The Labute approximate surface area is 91.7 Å². The van der Waals surface area contributed by atoms with Crippen molar-refractivity contribution < 1.29 is 0 Å². The molecule has 0 aliphatic rings. The second-order valence-electron chi connectivity index (χ2n) is 4.21. The predicted molar refractivity (Wildman–Crippen MR) is 69.3 cm³/mol. The SMILES string of the molecule is CCCCC(CCC)CCCC(N)=P. The maximum Gasteiger partial charge on any atom is 0.00894 e. The zero-order valence-electron chi connectivity index (χ0n) is 9.81. The Morgan fingerprint density at radius 1 is 1.07 bits per heavy atom. The van der Waals surface area contributed by atoms with E-state index in [-0.39, 0.29) is 0 Å². The fraction of sp³-hybridized carbons (Fsp3) is 0.917. The average Bonchev–Trinajstić information content (AvgIpc) is 2.13. The molecule has 0 aromatic rings. The first-order chi connectivity index (χ1) is 6.70. The molecule has 0 saturated heterocycles. The van der Waals surface area contributed by atoms with Crippen molar-refractivity contribution in [2.75, 3.05) is 0 Å². The Morgan fingerprint density at radius 3 is 2.21 bits per heavy atom. The molecule has 0 bridgehead atoms. The highest BCUT2D eigenvalue weighted by Gasteiger charge is 2.06. The zero-order chi connectivity index (χ0) is 10.8. The van der Waals surface area contributed by atoms with Crippen LogP contribution in [0.5, 0.6) is 0 Å². The number of rotatable bonds is 9. The van der Waals surface area contributed by atoms with Crippen LogP contribution in [0.4, 0.5) is 0 Å². The molecule has 0 aromatic heterocycles. The molecule has 14 heavy (non-hydrogen) atoms. The van der Waals surface area contributed by atoms with Crippen LogP contribution < -0.4 is 5.73 Å². The lowest BCUT2D eigenvalue weighted by Crippen LogP contribution is -2.08. The Morgan fingerprint density at radius 2 is 1.71 bits per heavy atom. The standard InChI is InChI=1S/C12H26NP/c1-3-5-8-11(7-4-2)9-6-10-12(13)14/h11,14H,3-10,13H2,1-2H3. The van der Waals surface area contributed by atoms with Crippen molar-refractivity contribution in [3.8, 4) is 0 Å². The topological polar surface area (TPSA) is 26.0 Å². The molecule has 0 fully saturated rings. The molecule has 1 unspecified atom stereocenters. The summed E-state index contributed by atoms with van der Waals surface area (Å²) in [7, 11) is 3.36. The molecule has 0 rings (SSSR count). The van der Waals surface area contributed by atoms with Gasteiger partial charge in [-0.25, -0.2) is 0 Å². The number of hydrogen-bond acceptors (Lipinski definition) is 0. The number of unbranched alkanes of at least 4 members (excludes halogenated alkanes) is 1. The summed E-state index contributed by atoms with van der Waals surface area (Å²) in [4.78, 5) is 0. The smallest absolute Gasteiger partial charge is 0.00894 e. The summed E-state index contributed by atoms with van der Waals surface area (Å²) < 4.78 is 0. The van der Waals surface area contributed by atoms with Gasteiger partial charge in [-0.2, -0.15) is 0 Å². The molecule has 0 radical (unpaired) electrons. The van der Waals surface area contributed by atoms with E-state index in [0.29, 0.717) is 0 Å². The third kappa shape index (κ3) is 8.72. The van der Waals surface area contributed by atoms with Crippen LogP contribution >= 0.6 is 8.86 Å². The minimum absolute atomic E-state index is 0.899. The van der Waals surface area contributed by atoms with Gasteiger partial charge in [-0.15, -0.1) is 8.86 Å². The molecule has 0 amide bonds. The maximum atomic E-state index is 5.58. The summed E-state index contributed by atoms with van der Waals surface area (Å²) in [5, 5.41) is 0. The lowest BCUT2D eigenvalue weighted by Gasteiger charge is -2.15. The number of nitrogens with two attached hydrogens (primary N) is 1. The van der Waals surface area contributed by atoms with Gasteiger partial charge in [-0.05, 0) is 18.8 Å². The Kier molecular flexibility index (Phi) is 9.77. The largest absolute Gasteiger partial charge is 0.303 e. The van der Waals surface area contributed by atoms with Crippen LogP contribution in [0.3, 0.4) is 0 Å². The van der Waals surface area contributed by atoms with Crippen molar-refractivity contribution in [2.45, 2.75) is 65.2 Å². The second-order valence-corrected chi connectivity index (χ2v) is 4.86. The summed E-state index contributed by atoms with van der Waals surface area (Å²) in [6.07, 6.45) is 10.4. The van der Waals surface area contributed by atoms with Crippen LogP contribution in [0.1, 0.15) is 65.2 Å². The van der Waals surface area contributed by atoms with Crippen molar-refractivity contribution in [2.24, 2.45) is 11.7 Å². The molecule has 1 atom stereocenters. The molecule has 84 valence electrons. The van der Waals surface area contributed by atoms with Crippen molar-refractivity contribution in [3.05, 3.63) is 0 Å². The molecule has 2 heteroatoms. The Balaban J connectivity index is 3.55.